The lowest BCUT2D eigenvalue weighted by atomic mass is 10.0. The first-order chi connectivity index (χ1) is 20.0. The molecule has 0 aromatic carbocycles. The largest absolute Gasteiger partial charge is 0.480 e. The van der Waals surface area contributed by atoms with Gasteiger partial charge in [-0.25, -0.2) is 0 Å². The van der Waals surface area contributed by atoms with Gasteiger partial charge in [-0.2, -0.15) is 0 Å². The van der Waals surface area contributed by atoms with Crippen molar-refractivity contribution in [1.29, 1.82) is 0 Å². The predicted molar refractivity (Wildman–Crippen MR) is 171 cm³/mol. The molecule has 1 amide bonds. The van der Waals surface area contributed by atoms with Crippen LogP contribution in [0.2, 0.25) is 0 Å². The number of aliphatic carboxylic acids is 1. The van der Waals surface area contributed by atoms with E-state index >= 15 is 0 Å². The summed E-state index contributed by atoms with van der Waals surface area (Å²) in [5, 5.41) is 11.0. The number of nitrogens with one attached hydrogen (secondary N) is 1. The molecule has 240 valence electrons. The Morgan fingerprint density at radius 1 is 0.634 bits per heavy atom. The lowest BCUT2D eigenvalue weighted by Gasteiger charge is -2.15. The summed E-state index contributed by atoms with van der Waals surface area (Å²) in [5.41, 5.74) is 0. The normalized spacial score (nSPS) is 12.0. The third-order valence-electron chi connectivity index (χ3n) is 7.65. The summed E-state index contributed by atoms with van der Waals surface area (Å²) in [4.78, 5) is 34.5. The number of carbonyl (C=O) groups is 3. The van der Waals surface area contributed by atoms with Crippen LogP contribution in [0.25, 0.3) is 0 Å². The Hall–Kier alpha value is -1.85. The van der Waals surface area contributed by atoms with E-state index in [-0.39, 0.29) is 24.5 Å². The number of carboxylic acids is 1. The molecule has 0 aliphatic heterocycles. The van der Waals surface area contributed by atoms with Gasteiger partial charge in [-0.15, -0.1) is 0 Å². The number of hydrogen-bond donors (Lipinski definition) is 2. The average Bonchev–Trinajstić information content (AvgIpc) is 2.95. The molecule has 0 radical (unpaired) electrons. The molecule has 0 rings (SSSR count). The third kappa shape index (κ3) is 30.9. The van der Waals surface area contributed by atoms with Gasteiger partial charge in [-0.3, -0.25) is 14.4 Å². The Morgan fingerprint density at radius 2 is 1.10 bits per heavy atom. The van der Waals surface area contributed by atoms with Crippen LogP contribution in [-0.4, -0.2) is 35.6 Å². The highest BCUT2D eigenvalue weighted by Crippen LogP contribution is 2.16. The molecule has 0 aromatic heterocycles. The van der Waals surface area contributed by atoms with Gasteiger partial charge < -0.3 is 15.2 Å². The quantitative estimate of drug-likeness (QED) is 0.0484. The summed E-state index contributed by atoms with van der Waals surface area (Å²) in [6, 6.07) is 0. The second-order valence-electron chi connectivity index (χ2n) is 11.8. The monoisotopic (exact) mass is 579 g/mol. The summed E-state index contributed by atoms with van der Waals surface area (Å²) in [5.74, 6) is -1.33. The molecular formula is C35H65NO5. The molecule has 41 heavy (non-hydrogen) atoms. The Kier molecular flexibility index (Phi) is 29.7. The number of hydrogen-bond acceptors (Lipinski definition) is 4. The molecule has 1 unspecified atom stereocenters. The molecule has 0 bridgehead atoms. The Balaban J connectivity index is 3.76. The molecule has 6 nitrogen and oxygen atoms in total. The number of carboxylic acid groups (broad SMARTS) is 1. The van der Waals surface area contributed by atoms with E-state index in [4.69, 9.17) is 9.84 Å². The zero-order valence-electron chi connectivity index (χ0n) is 26.9. The van der Waals surface area contributed by atoms with Crippen molar-refractivity contribution in [3.63, 3.8) is 0 Å². The maximum Gasteiger partial charge on any atom is 0.322 e. The number of allylic oxidation sites excluding steroid dienone is 1. The van der Waals surface area contributed by atoms with Crippen LogP contribution >= 0.6 is 0 Å². The SMILES string of the molecule is CCC/C=C\C(CCCCCCC(=O)NCC(=O)O)OC(=O)CCCCCCCCCCCCCCCCCCC. The van der Waals surface area contributed by atoms with Crippen molar-refractivity contribution in [2.24, 2.45) is 0 Å². The number of ether oxygens (including phenoxy) is 1. The predicted octanol–water partition coefficient (Wildman–Crippen LogP) is 9.84. The summed E-state index contributed by atoms with van der Waals surface area (Å²) < 4.78 is 5.78. The van der Waals surface area contributed by atoms with Gasteiger partial charge in [0.2, 0.25) is 5.91 Å². The van der Waals surface area contributed by atoms with Gasteiger partial charge in [0.25, 0.3) is 0 Å². The van der Waals surface area contributed by atoms with E-state index in [0.29, 0.717) is 12.8 Å². The lowest BCUT2D eigenvalue weighted by Crippen LogP contribution is -2.28. The maximum atomic E-state index is 12.4. The van der Waals surface area contributed by atoms with Crippen molar-refractivity contribution in [2.75, 3.05) is 6.54 Å². The van der Waals surface area contributed by atoms with E-state index in [1.54, 1.807) is 0 Å². The van der Waals surface area contributed by atoms with Crippen molar-refractivity contribution in [3.8, 4) is 0 Å². The fourth-order valence-corrected chi connectivity index (χ4v) is 5.08. The van der Waals surface area contributed by atoms with E-state index in [1.165, 1.54) is 96.3 Å². The van der Waals surface area contributed by atoms with Gasteiger partial charge in [0.15, 0.2) is 0 Å². The number of carbonyl (C=O) groups excluding carboxylic acids is 2. The zero-order valence-corrected chi connectivity index (χ0v) is 26.9. The highest BCUT2D eigenvalue weighted by atomic mass is 16.5. The van der Waals surface area contributed by atoms with E-state index in [2.05, 4.69) is 25.2 Å². The van der Waals surface area contributed by atoms with Crippen LogP contribution in [0, 0.1) is 0 Å². The van der Waals surface area contributed by atoms with Gasteiger partial charge in [-0.05, 0) is 38.2 Å². The first-order valence-electron chi connectivity index (χ1n) is 17.3. The molecular weight excluding hydrogens is 514 g/mol. The molecule has 0 fully saturated rings. The standard InChI is InChI=1S/C35H65NO5/c1-3-5-7-8-9-10-11-12-13-14-15-16-17-18-19-20-26-30-35(40)41-32(27-23-6-4-2)28-24-21-22-25-29-33(37)36-31-34(38)39/h23,27,32H,3-22,24-26,28-31H2,1-2H3,(H,36,37)(H,38,39)/b27-23-. The molecule has 1 atom stereocenters. The molecule has 0 saturated heterocycles. The van der Waals surface area contributed by atoms with Crippen LogP contribution in [0.15, 0.2) is 12.2 Å². The number of esters is 1. The van der Waals surface area contributed by atoms with Gasteiger partial charge in [0.1, 0.15) is 12.6 Å². The smallest absolute Gasteiger partial charge is 0.322 e. The Morgan fingerprint density at radius 3 is 1.59 bits per heavy atom. The zero-order chi connectivity index (χ0) is 30.2. The summed E-state index contributed by atoms with van der Waals surface area (Å²) in [6.07, 6.45) is 33.8. The van der Waals surface area contributed by atoms with Gasteiger partial charge in [-0.1, -0.05) is 142 Å². The minimum Gasteiger partial charge on any atom is -0.480 e. The van der Waals surface area contributed by atoms with Gasteiger partial charge in [0.05, 0.1) is 0 Å². The minimum absolute atomic E-state index is 0.0905. The topological polar surface area (TPSA) is 92.7 Å². The number of rotatable bonds is 31. The molecule has 0 aliphatic rings. The number of unbranched alkanes of at least 4 members (excludes halogenated alkanes) is 20. The molecule has 2 N–H and O–H groups in total. The van der Waals surface area contributed by atoms with Crippen LogP contribution in [0.4, 0.5) is 0 Å². The lowest BCUT2D eigenvalue weighted by molar-refractivity contribution is -0.147. The summed E-state index contributed by atoms with van der Waals surface area (Å²) >= 11 is 0. The first-order valence-corrected chi connectivity index (χ1v) is 17.3. The molecule has 0 heterocycles. The average molecular weight is 580 g/mol. The van der Waals surface area contributed by atoms with Crippen molar-refractivity contribution >= 4 is 17.8 Å². The Bertz CT molecular complexity index is 648. The fourth-order valence-electron chi connectivity index (χ4n) is 5.08. The molecule has 0 aliphatic carbocycles. The summed E-state index contributed by atoms with van der Waals surface area (Å²) in [6.45, 7) is 4.09. The molecule has 0 spiro atoms. The molecule has 0 aromatic rings. The van der Waals surface area contributed by atoms with E-state index < -0.39 is 5.97 Å². The second-order valence-corrected chi connectivity index (χ2v) is 11.8. The second kappa shape index (κ2) is 31.1. The van der Waals surface area contributed by atoms with E-state index in [1.807, 2.05) is 6.08 Å². The van der Waals surface area contributed by atoms with Crippen LogP contribution < -0.4 is 5.32 Å². The number of amides is 1. The fraction of sp³-hybridized carbons (Fsp3) is 0.857. The van der Waals surface area contributed by atoms with Crippen LogP contribution in [0.1, 0.15) is 181 Å². The Labute approximate surface area is 252 Å². The summed E-state index contributed by atoms with van der Waals surface area (Å²) in [7, 11) is 0. The van der Waals surface area contributed by atoms with Gasteiger partial charge in [0, 0.05) is 12.8 Å². The van der Waals surface area contributed by atoms with E-state index in [0.717, 1.165) is 57.8 Å². The van der Waals surface area contributed by atoms with Crippen LogP contribution in [0.5, 0.6) is 0 Å². The van der Waals surface area contributed by atoms with Crippen molar-refractivity contribution < 1.29 is 24.2 Å². The highest BCUT2D eigenvalue weighted by molar-refractivity contribution is 5.80. The van der Waals surface area contributed by atoms with Crippen molar-refractivity contribution in [3.05, 3.63) is 12.2 Å². The molecule has 6 heteroatoms. The molecule has 0 saturated carbocycles. The highest BCUT2D eigenvalue weighted by Gasteiger charge is 2.11. The maximum absolute atomic E-state index is 12.4. The van der Waals surface area contributed by atoms with Gasteiger partial charge >= 0.3 is 11.9 Å². The van der Waals surface area contributed by atoms with E-state index in [9.17, 15) is 14.4 Å². The van der Waals surface area contributed by atoms with Crippen LogP contribution in [0.3, 0.4) is 0 Å². The first kappa shape index (κ1) is 39.1. The van der Waals surface area contributed by atoms with Crippen molar-refractivity contribution in [2.45, 2.75) is 187 Å². The van der Waals surface area contributed by atoms with Crippen LogP contribution in [-0.2, 0) is 19.1 Å². The third-order valence-corrected chi connectivity index (χ3v) is 7.65. The van der Waals surface area contributed by atoms with Crippen molar-refractivity contribution in [1.82, 2.24) is 5.32 Å². The minimum atomic E-state index is -1.03.